The lowest BCUT2D eigenvalue weighted by Crippen LogP contribution is -2.38. The molecule has 0 spiro atoms. The summed E-state index contributed by atoms with van der Waals surface area (Å²) >= 11 is 1.04. The summed E-state index contributed by atoms with van der Waals surface area (Å²) in [5, 5.41) is 7.92. The number of benzene rings is 1. The van der Waals surface area contributed by atoms with Crippen molar-refractivity contribution in [1.82, 2.24) is 15.6 Å². The molecule has 1 saturated heterocycles. The molecule has 3 rings (SSSR count). The summed E-state index contributed by atoms with van der Waals surface area (Å²) in [6.45, 7) is 5.92. The van der Waals surface area contributed by atoms with Gasteiger partial charge in [-0.25, -0.2) is 4.98 Å². The summed E-state index contributed by atoms with van der Waals surface area (Å²) in [5.74, 6) is 1.18. The van der Waals surface area contributed by atoms with Gasteiger partial charge in [0.15, 0.2) is 11.7 Å². The molecule has 2 N–H and O–H groups in total. The number of aliphatic imine (C=N–C) groups is 1. The zero-order valence-corrected chi connectivity index (χ0v) is 17.2. The van der Waals surface area contributed by atoms with Crippen molar-refractivity contribution in [3.05, 3.63) is 46.4 Å². The highest BCUT2D eigenvalue weighted by molar-refractivity contribution is 7.09. The van der Waals surface area contributed by atoms with Gasteiger partial charge in [0.1, 0.15) is 0 Å². The fourth-order valence-corrected chi connectivity index (χ4v) is 4.07. The number of rotatable bonds is 7. The van der Waals surface area contributed by atoms with Crippen LogP contribution in [0.2, 0.25) is 0 Å². The Balaban J connectivity index is 1.47. The van der Waals surface area contributed by atoms with Crippen molar-refractivity contribution in [1.29, 1.82) is 0 Å². The van der Waals surface area contributed by atoms with Gasteiger partial charge in [0, 0.05) is 50.2 Å². The third kappa shape index (κ3) is 6.35. The molecule has 5 nitrogen and oxygen atoms in total. The normalized spacial score (nSPS) is 17.6. The fraction of sp³-hybridized carbons (Fsp3) is 0.500. The number of para-hydroxylation sites is 1. The molecule has 2 heterocycles. The lowest BCUT2D eigenvalue weighted by atomic mass is 10.1. The van der Waals surface area contributed by atoms with E-state index in [9.17, 15) is 13.2 Å². The summed E-state index contributed by atoms with van der Waals surface area (Å²) in [6.07, 6.45) is -2.86. The summed E-state index contributed by atoms with van der Waals surface area (Å²) < 4.78 is 37.9. The number of alkyl halides is 3. The number of hydrogen-bond acceptors (Lipinski definition) is 4. The molecule has 1 atom stereocenters. The monoisotopic (exact) mass is 425 g/mol. The van der Waals surface area contributed by atoms with Gasteiger partial charge in [-0.15, -0.1) is 11.3 Å². The predicted molar refractivity (Wildman–Crippen MR) is 112 cm³/mol. The molecule has 158 valence electrons. The van der Waals surface area contributed by atoms with Crippen molar-refractivity contribution in [2.45, 2.75) is 25.9 Å². The molecule has 0 radical (unpaired) electrons. The molecule has 1 unspecified atom stereocenters. The zero-order valence-electron chi connectivity index (χ0n) is 16.4. The Bertz CT molecular complexity index is 791. The van der Waals surface area contributed by atoms with E-state index >= 15 is 0 Å². The Morgan fingerprint density at radius 2 is 2.07 bits per heavy atom. The van der Waals surface area contributed by atoms with Gasteiger partial charge >= 0.3 is 6.18 Å². The third-order valence-corrected chi connectivity index (χ3v) is 5.64. The van der Waals surface area contributed by atoms with Crippen LogP contribution < -0.4 is 15.5 Å². The molecule has 0 aliphatic carbocycles. The highest BCUT2D eigenvalue weighted by Gasteiger charge is 2.33. The largest absolute Gasteiger partial charge is 0.434 e. The first kappa shape index (κ1) is 21.4. The number of hydrogen-bond donors (Lipinski definition) is 2. The number of halogens is 3. The van der Waals surface area contributed by atoms with E-state index in [1.807, 2.05) is 25.1 Å². The number of nitrogens with one attached hydrogen (secondary N) is 2. The molecule has 1 aliphatic rings. The van der Waals surface area contributed by atoms with Gasteiger partial charge in [0.25, 0.3) is 0 Å². The summed E-state index contributed by atoms with van der Waals surface area (Å²) in [5.41, 5.74) is 0.424. The molecule has 2 aromatic rings. The second-order valence-corrected chi connectivity index (χ2v) is 7.90. The van der Waals surface area contributed by atoms with Crippen LogP contribution in [0.15, 0.2) is 40.7 Å². The Morgan fingerprint density at radius 3 is 2.76 bits per heavy atom. The Morgan fingerprint density at radius 1 is 1.28 bits per heavy atom. The van der Waals surface area contributed by atoms with Gasteiger partial charge in [-0.3, -0.25) is 4.99 Å². The lowest BCUT2D eigenvalue weighted by Gasteiger charge is -2.18. The van der Waals surface area contributed by atoms with Gasteiger partial charge < -0.3 is 15.5 Å². The SMILES string of the molecule is CCNC(=NCC1CCN(c2ccccc2)C1)NCCc1nc(C(F)(F)F)cs1. The van der Waals surface area contributed by atoms with Crippen LogP contribution in [0.4, 0.5) is 18.9 Å². The number of anilines is 1. The highest BCUT2D eigenvalue weighted by atomic mass is 32.1. The maximum absolute atomic E-state index is 12.6. The van der Waals surface area contributed by atoms with Gasteiger partial charge in [-0.05, 0) is 31.4 Å². The molecule has 0 bridgehead atoms. The molecule has 1 aliphatic heterocycles. The molecule has 29 heavy (non-hydrogen) atoms. The van der Waals surface area contributed by atoms with Crippen LogP contribution in [0.1, 0.15) is 24.0 Å². The fourth-order valence-electron chi connectivity index (χ4n) is 3.26. The van der Waals surface area contributed by atoms with Crippen molar-refractivity contribution >= 4 is 23.0 Å². The molecular weight excluding hydrogens is 399 g/mol. The molecule has 0 amide bonds. The Labute approximate surface area is 173 Å². The second-order valence-electron chi connectivity index (χ2n) is 6.96. The standard InChI is InChI=1S/C20H26F3N5S/c1-2-24-19(25-10-8-18-27-17(14-29-18)20(21,22)23)26-12-15-9-11-28(13-15)16-6-4-3-5-7-16/h3-7,14-15H,2,8-13H2,1H3,(H2,24,25,26). The maximum Gasteiger partial charge on any atom is 0.434 e. The summed E-state index contributed by atoms with van der Waals surface area (Å²) in [4.78, 5) is 10.7. The number of guanidine groups is 1. The van der Waals surface area contributed by atoms with Gasteiger partial charge in [0.2, 0.25) is 0 Å². The van der Waals surface area contributed by atoms with Gasteiger partial charge in [-0.1, -0.05) is 18.2 Å². The lowest BCUT2D eigenvalue weighted by molar-refractivity contribution is -0.140. The molecule has 0 saturated carbocycles. The molecule has 9 heteroatoms. The van der Waals surface area contributed by atoms with Crippen LogP contribution >= 0.6 is 11.3 Å². The first-order valence-electron chi connectivity index (χ1n) is 9.79. The van der Waals surface area contributed by atoms with Crippen molar-refractivity contribution in [3.8, 4) is 0 Å². The van der Waals surface area contributed by atoms with E-state index in [2.05, 4.69) is 37.6 Å². The average molecular weight is 426 g/mol. The van der Waals surface area contributed by atoms with Crippen LogP contribution in [0, 0.1) is 5.92 Å². The van der Waals surface area contributed by atoms with Crippen molar-refractivity contribution in [3.63, 3.8) is 0 Å². The van der Waals surface area contributed by atoms with Gasteiger partial charge in [-0.2, -0.15) is 13.2 Å². The summed E-state index contributed by atoms with van der Waals surface area (Å²) in [6, 6.07) is 10.4. The molecule has 1 aromatic carbocycles. The zero-order chi connectivity index (χ0) is 20.7. The number of aromatic nitrogens is 1. The first-order chi connectivity index (χ1) is 14.0. The maximum atomic E-state index is 12.6. The molecule has 1 aromatic heterocycles. The van der Waals surface area contributed by atoms with Crippen molar-refractivity contribution in [2.75, 3.05) is 37.6 Å². The van der Waals surface area contributed by atoms with Crippen LogP contribution in [0.3, 0.4) is 0 Å². The van der Waals surface area contributed by atoms with E-state index in [0.717, 1.165) is 42.8 Å². The molecular formula is C20H26F3N5S. The minimum absolute atomic E-state index is 0.427. The van der Waals surface area contributed by atoms with Crippen LogP contribution in [-0.2, 0) is 12.6 Å². The van der Waals surface area contributed by atoms with E-state index in [-0.39, 0.29) is 0 Å². The van der Waals surface area contributed by atoms with Crippen molar-refractivity contribution < 1.29 is 13.2 Å². The predicted octanol–water partition coefficient (Wildman–Crippen LogP) is 3.79. The topological polar surface area (TPSA) is 52.6 Å². The minimum Gasteiger partial charge on any atom is -0.371 e. The quantitative estimate of drug-likeness (QED) is 0.524. The first-order valence-corrected chi connectivity index (χ1v) is 10.7. The van der Waals surface area contributed by atoms with E-state index in [0.29, 0.717) is 36.4 Å². The highest BCUT2D eigenvalue weighted by Crippen LogP contribution is 2.30. The number of thiazole rings is 1. The van der Waals surface area contributed by atoms with Crippen LogP contribution in [0.5, 0.6) is 0 Å². The van der Waals surface area contributed by atoms with Gasteiger partial charge in [0.05, 0.1) is 5.01 Å². The van der Waals surface area contributed by atoms with E-state index in [1.54, 1.807) is 0 Å². The van der Waals surface area contributed by atoms with Crippen molar-refractivity contribution in [2.24, 2.45) is 10.9 Å². The van der Waals surface area contributed by atoms with E-state index in [4.69, 9.17) is 0 Å². The summed E-state index contributed by atoms with van der Waals surface area (Å²) in [7, 11) is 0. The Kier molecular flexibility index (Phi) is 7.35. The van der Waals surface area contributed by atoms with Crippen LogP contribution in [-0.4, -0.2) is 43.7 Å². The number of nitrogens with zero attached hydrogens (tertiary/aromatic N) is 3. The van der Waals surface area contributed by atoms with E-state index < -0.39 is 11.9 Å². The minimum atomic E-state index is -4.38. The third-order valence-electron chi connectivity index (χ3n) is 4.73. The Hall–Kier alpha value is -2.29. The molecule has 1 fully saturated rings. The second kappa shape index (κ2) is 9.96. The van der Waals surface area contributed by atoms with Crippen LogP contribution in [0.25, 0.3) is 0 Å². The smallest absolute Gasteiger partial charge is 0.371 e. The van der Waals surface area contributed by atoms with E-state index in [1.165, 1.54) is 5.69 Å². The average Bonchev–Trinajstić information content (AvgIpc) is 3.36.